The van der Waals surface area contributed by atoms with Crippen LogP contribution in [0, 0.1) is 12.8 Å². The number of benzene rings is 1. The molecule has 1 aromatic carbocycles. The molecule has 2 aromatic heterocycles. The minimum atomic E-state index is 0.166. The second-order valence-corrected chi connectivity index (χ2v) is 8.96. The number of hydrogen-bond donors (Lipinski definition) is 0. The van der Waals surface area contributed by atoms with Gasteiger partial charge in [0.15, 0.2) is 0 Å². The average molecular weight is 381 g/mol. The molecule has 2 unspecified atom stereocenters. The van der Waals surface area contributed by atoms with Gasteiger partial charge in [-0.2, -0.15) is 0 Å². The number of aromatic nitrogens is 3. The summed E-state index contributed by atoms with van der Waals surface area (Å²) in [5.41, 5.74) is 3.83. The number of carbonyl (C=O) groups excluding carboxylic acids is 1. The van der Waals surface area contributed by atoms with Gasteiger partial charge in [-0.25, -0.2) is 9.97 Å². The molecule has 0 aliphatic carbocycles. The molecule has 0 spiro atoms. The molecule has 6 heteroatoms. The normalized spacial score (nSPS) is 25.3. The highest BCUT2D eigenvalue weighted by atomic mass is 32.1. The van der Waals surface area contributed by atoms with Crippen LogP contribution in [-0.2, 0) is 0 Å². The first kappa shape index (κ1) is 17.1. The molecule has 3 aromatic rings. The fourth-order valence-electron chi connectivity index (χ4n) is 4.86. The van der Waals surface area contributed by atoms with E-state index in [1.165, 1.54) is 12.8 Å². The van der Waals surface area contributed by atoms with Crippen molar-refractivity contribution in [1.82, 2.24) is 19.4 Å². The van der Waals surface area contributed by atoms with E-state index in [0.717, 1.165) is 40.1 Å². The molecule has 0 saturated carbocycles. The maximum atomic E-state index is 13.1. The monoisotopic (exact) mass is 380 g/mol. The third kappa shape index (κ3) is 3.01. The Labute approximate surface area is 163 Å². The Morgan fingerprint density at radius 2 is 2.04 bits per heavy atom. The number of thiazole rings is 1. The predicted octanol–water partition coefficient (Wildman–Crippen LogP) is 4.37. The first-order valence-corrected chi connectivity index (χ1v) is 10.6. The molecule has 5 nitrogen and oxygen atoms in total. The number of aryl methyl sites for hydroxylation is 1. The molecule has 2 bridgehead atoms. The van der Waals surface area contributed by atoms with Crippen molar-refractivity contribution < 1.29 is 4.79 Å². The van der Waals surface area contributed by atoms with Gasteiger partial charge in [0, 0.05) is 35.1 Å². The quantitative estimate of drug-likeness (QED) is 0.677. The van der Waals surface area contributed by atoms with Crippen molar-refractivity contribution in [3.05, 3.63) is 35.6 Å². The Balaban J connectivity index is 1.40. The van der Waals surface area contributed by atoms with E-state index in [0.29, 0.717) is 24.4 Å². The fraction of sp³-hybridized carbons (Fsp3) is 0.476. The van der Waals surface area contributed by atoms with Crippen LogP contribution in [-0.4, -0.2) is 44.5 Å². The van der Waals surface area contributed by atoms with E-state index in [1.54, 1.807) is 22.2 Å². The van der Waals surface area contributed by atoms with Crippen molar-refractivity contribution in [2.45, 2.75) is 51.1 Å². The average Bonchev–Trinajstić information content (AvgIpc) is 3.31. The van der Waals surface area contributed by atoms with Gasteiger partial charge >= 0.3 is 0 Å². The standard InChI is InChI=1S/C21H24N4OS/c1-13-11-27-21(23-13)15-3-6-18-19(10-15)25(12-22-18)20(26)9-14-7-16-4-5-17(8-14)24(16)2/h3,6,10-12,14,16-17H,4-5,7-9H2,1-2H3. The van der Waals surface area contributed by atoms with Gasteiger partial charge in [-0.3, -0.25) is 9.36 Å². The summed E-state index contributed by atoms with van der Waals surface area (Å²) >= 11 is 1.63. The highest BCUT2D eigenvalue weighted by Crippen LogP contribution is 2.39. The molecule has 2 saturated heterocycles. The highest BCUT2D eigenvalue weighted by molar-refractivity contribution is 7.13. The summed E-state index contributed by atoms with van der Waals surface area (Å²) in [6.45, 7) is 2.00. The molecule has 0 radical (unpaired) electrons. The third-order valence-corrected chi connectivity index (χ3v) is 7.35. The zero-order valence-corrected chi connectivity index (χ0v) is 16.6. The number of piperidine rings is 1. The second-order valence-electron chi connectivity index (χ2n) is 8.10. The molecule has 0 N–H and O–H groups in total. The summed E-state index contributed by atoms with van der Waals surface area (Å²) in [4.78, 5) is 24.6. The van der Waals surface area contributed by atoms with Gasteiger partial charge in [-0.15, -0.1) is 11.3 Å². The number of imidazole rings is 1. The Morgan fingerprint density at radius 3 is 2.74 bits per heavy atom. The Hall–Kier alpha value is -2.05. The van der Waals surface area contributed by atoms with Crippen LogP contribution in [0.25, 0.3) is 21.6 Å². The van der Waals surface area contributed by atoms with Crippen molar-refractivity contribution in [3.8, 4) is 10.6 Å². The molecule has 140 valence electrons. The van der Waals surface area contributed by atoms with Crippen molar-refractivity contribution in [1.29, 1.82) is 0 Å². The first-order chi connectivity index (χ1) is 13.1. The van der Waals surface area contributed by atoms with Crippen LogP contribution >= 0.6 is 11.3 Å². The number of hydrogen-bond acceptors (Lipinski definition) is 5. The smallest absolute Gasteiger partial charge is 0.232 e. The van der Waals surface area contributed by atoms with E-state index in [4.69, 9.17) is 0 Å². The lowest BCUT2D eigenvalue weighted by atomic mass is 9.88. The molecule has 0 amide bonds. The van der Waals surface area contributed by atoms with Crippen molar-refractivity contribution in [3.63, 3.8) is 0 Å². The van der Waals surface area contributed by atoms with Crippen LogP contribution in [0.5, 0.6) is 0 Å². The molecule has 2 atom stereocenters. The van der Waals surface area contributed by atoms with Gasteiger partial charge in [-0.05, 0) is 63.8 Å². The maximum absolute atomic E-state index is 13.1. The van der Waals surface area contributed by atoms with E-state index < -0.39 is 0 Å². The molecule has 5 rings (SSSR count). The second kappa shape index (κ2) is 6.53. The fourth-order valence-corrected chi connectivity index (χ4v) is 5.66. The molecule has 2 aliphatic heterocycles. The van der Waals surface area contributed by atoms with Gasteiger partial charge in [0.25, 0.3) is 0 Å². The van der Waals surface area contributed by atoms with Crippen LogP contribution in [0.1, 0.15) is 42.6 Å². The lowest BCUT2D eigenvalue weighted by Crippen LogP contribution is -2.40. The van der Waals surface area contributed by atoms with Crippen molar-refractivity contribution in [2.75, 3.05) is 7.05 Å². The van der Waals surface area contributed by atoms with Crippen LogP contribution in [0.2, 0.25) is 0 Å². The Morgan fingerprint density at radius 1 is 1.26 bits per heavy atom. The van der Waals surface area contributed by atoms with Gasteiger partial charge in [0.2, 0.25) is 5.91 Å². The van der Waals surface area contributed by atoms with E-state index in [1.807, 2.05) is 19.1 Å². The van der Waals surface area contributed by atoms with Crippen LogP contribution in [0.4, 0.5) is 0 Å². The van der Waals surface area contributed by atoms with Gasteiger partial charge < -0.3 is 4.90 Å². The lowest BCUT2D eigenvalue weighted by molar-refractivity contribution is 0.0810. The predicted molar refractivity (Wildman–Crippen MR) is 108 cm³/mol. The van der Waals surface area contributed by atoms with Crippen LogP contribution in [0.3, 0.4) is 0 Å². The van der Waals surface area contributed by atoms with Crippen LogP contribution < -0.4 is 0 Å². The number of rotatable bonds is 3. The molecular weight excluding hydrogens is 356 g/mol. The summed E-state index contributed by atoms with van der Waals surface area (Å²) in [6.07, 6.45) is 7.18. The Kier molecular flexibility index (Phi) is 4.13. The molecule has 2 aliphatic rings. The van der Waals surface area contributed by atoms with E-state index >= 15 is 0 Å². The largest absolute Gasteiger partial charge is 0.300 e. The Bertz CT molecular complexity index is 993. The number of nitrogens with zero attached hydrogens (tertiary/aromatic N) is 4. The first-order valence-electron chi connectivity index (χ1n) is 9.73. The molecule has 27 heavy (non-hydrogen) atoms. The van der Waals surface area contributed by atoms with Gasteiger partial charge in [-0.1, -0.05) is 0 Å². The van der Waals surface area contributed by atoms with Gasteiger partial charge in [0.05, 0.1) is 11.0 Å². The summed E-state index contributed by atoms with van der Waals surface area (Å²) < 4.78 is 1.75. The number of fused-ring (bicyclic) bond motifs is 3. The van der Waals surface area contributed by atoms with Gasteiger partial charge in [0.1, 0.15) is 11.3 Å². The summed E-state index contributed by atoms with van der Waals surface area (Å²) in [6, 6.07) is 7.41. The maximum Gasteiger partial charge on any atom is 0.232 e. The molecule has 4 heterocycles. The lowest BCUT2D eigenvalue weighted by Gasteiger charge is -2.36. The SMILES string of the molecule is Cc1csc(-c2ccc3ncn(C(=O)CC4CC5CCC(C4)N5C)c3c2)n1. The minimum Gasteiger partial charge on any atom is -0.300 e. The number of carbonyl (C=O) groups is 1. The van der Waals surface area contributed by atoms with Crippen molar-refractivity contribution >= 4 is 28.3 Å². The zero-order valence-electron chi connectivity index (χ0n) is 15.8. The topological polar surface area (TPSA) is 51.0 Å². The minimum absolute atomic E-state index is 0.166. The molecule has 2 fully saturated rings. The summed E-state index contributed by atoms with van der Waals surface area (Å²) in [5, 5.41) is 3.04. The highest BCUT2D eigenvalue weighted by Gasteiger charge is 2.39. The van der Waals surface area contributed by atoms with E-state index in [-0.39, 0.29) is 5.91 Å². The van der Waals surface area contributed by atoms with Crippen LogP contribution in [0.15, 0.2) is 29.9 Å². The van der Waals surface area contributed by atoms with Crippen molar-refractivity contribution in [2.24, 2.45) is 5.92 Å². The van der Waals surface area contributed by atoms with E-state index in [9.17, 15) is 4.79 Å². The zero-order chi connectivity index (χ0) is 18.5. The molecular formula is C21H24N4OS. The summed E-state index contributed by atoms with van der Waals surface area (Å²) in [7, 11) is 2.24. The van der Waals surface area contributed by atoms with E-state index in [2.05, 4.69) is 33.4 Å². The third-order valence-electron chi connectivity index (χ3n) is 6.34. The summed E-state index contributed by atoms with van der Waals surface area (Å²) in [5.74, 6) is 0.660.